The first-order valence-electron chi connectivity index (χ1n) is 7.38. The van der Waals surface area contributed by atoms with Crippen LogP contribution in [0.1, 0.15) is 85.0 Å². The summed E-state index contributed by atoms with van der Waals surface area (Å²) in [5.41, 5.74) is 0. The van der Waals surface area contributed by atoms with Crippen LogP contribution in [0.3, 0.4) is 0 Å². The van der Waals surface area contributed by atoms with Crippen LogP contribution in [0, 0.1) is 5.92 Å². The van der Waals surface area contributed by atoms with Gasteiger partial charge in [0.25, 0.3) is 0 Å². The predicted octanol–water partition coefficient (Wildman–Crippen LogP) is 4.92. The molecule has 0 aromatic rings. The van der Waals surface area contributed by atoms with Gasteiger partial charge in [0.1, 0.15) is 0 Å². The predicted molar refractivity (Wildman–Crippen MR) is 72.7 cm³/mol. The molecule has 1 heteroatoms. The lowest BCUT2D eigenvalue weighted by molar-refractivity contribution is 0.156. The van der Waals surface area contributed by atoms with Gasteiger partial charge in [-0.25, -0.2) is 0 Å². The summed E-state index contributed by atoms with van der Waals surface area (Å²) in [4.78, 5) is 0. The Morgan fingerprint density at radius 1 is 0.750 bits per heavy atom. The average Bonchev–Trinajstić information content (AvgIpc) is 2.31. The van der Waals surface area contributed by atoms with Crippen molar-refractivity contribution >= 4 is 0 Å². The summed E-state index contributed by atoms with van der Waals surface area (Å²) in [6, 6.07) is 0. The molecular formula is C15H32O. The summed E-state index contributed by atoms with van der Waals surface area (Å²) < 4.78 is 0. The maximum atomic E-state index is 9.39. The molecule has 0 bridgehead atoms. The van der Waals surface area contributed by atoms with E-state index in [1.807, 2.05) is 0 Å². The van der Waals surface area contributed by atoms with Gasteiger partial charge in [0, 0.05) is 0 Å². The van der Waals surface area contributed by atoms with Crippen molar-refractivity contribution in [2.75, 3.05) is 0 Å². The number of aliphatic hydroxyl groups excluding tert-OH is 1. The van der Waals surface area contributed by atoms with Crippen molar-refractivity contribution < 1.29 is 5.11 Å². The molecule has 1 unspecified atom stereocenters. The summed E-state index contributed by atoms with van der Waals surface area (Å²) >= 11 is 0. The van der Waals surface area contributed by atoms with Crippen LogP contribution in [0.25, 0.3) is 0 Å². The first kappa shape index (κ1) is 16.0. The fourth-order valence-corrected chi connectivity index (χ4v) is 1.99. The van der Waals surface area contributed by atoms with E-state index in [-0.39, 0.29) is 6.10 Å². The van der Waals surface area contributed by atoms with Crippen molar-refractivity contribution in [3.8, 4) is 0 Å². The van der Waals surface area contributed by atoms with Crippen LogP contribution in [-0.4, -0.2) is 11.2 Å². The van der Waals surface area contributed by atoms with Gasteiger partial charge in [0.05, 0.1) is 6.10 Å². The molecule has 0 fully saturated rings. The minimum atomic E-state index is -0.0506. The molecular weight excluding hydrogens is 196 g/mol. The highest BCUT2D eigenvalue weighted by molar-refractivity contribution is 4.54. The third-order valence-electron chi connectivity index (χ3n) is 3.65. The quantitative estimate of drug-likeness (QED) is 0.497. The second-order valence-electron chi connectivity index (χ2n) is 5.27. The third kappa shape index (κ3) is 10.5. The Balaban J connectivity index is 3.04. The van der Waals surface area contributed by atoms with E-state index in [1.165, 1.54) is 51.4 Å². The van der Waals surface area contributed by atoms with Crippen molar-refractivity contribution in [2.45, 2.75) is 91.1 Å². The Bertz CT molecular complexity index is 117. The average molecular weight is 228 g/mol. The van der Waals surface area contributed by atoms with E-state index in [0.717, 1.165) is 18.8 Å². The lowest BCUT2D eigenvalue weighted by Crippen LogP contribution is -2.03. The van der Waals surface area contributed by atoms with Gasteiger partial charge in [-0.2, -0.15) is 0 Å². The summed E-state index contributed by atoms with van der Waals surface area (Å²) in [6.07, 6.45) is 12.7. The molecule has 1 N–H and O–H groups in total. The molecule has 0 aliphatic carbocycles. The molecule has 0 amide bonds. The van der Waals surface area contributed by atoms with Crippen LogP contribution >= 0.6 is 0 Å². The molecule has 0 saturated heterocycles. The van der Waals surface area contributed by atoms with Crippen LogP contribution in [0.4, 0.5) is 0 Å². The Kier molecular flexibility index (Phi) is 11.4. The molecule has 0 heterocycles. The van der Waals surface area contributed by atoms with Crippen LogP contribution in [-0.2, 0) is 0 Å². The fourth-order valence-electron chi connectivity index (χ4n) is 1.99. The molecule has 0 aliphatic rings. The minimum absolute atomic E-state index is 0.0506. The molecule has 1 nitrogen and oxygen atoms in total. The molecule has 0 spiro atoms. The highest BCUT2D eigenvalue weighted by Crippen LogP contribution is 2.14. The third-order valence-corrected chi connectivity index (χ3v) is 3.65. The first-order valence-corrected chi connectivity index (χ1v) is 7.38. The topological polar surface area (TPSA) is 20.2 Å². The second-order valence-corrected chi connectivity index (χ2v) is 5.27. The number of hydrogen-bond acceptors (Lipinski definition) is 1. The minimum Gasteiger partial charge on any atom is -0.393 e. The van der Waals surface area contributed by atoms with Crippen LogP contribution < -0.4 is 0 Å². The summed E-state index contributed by atoms with van der Waals surface area (Å²) in [7, 11) is 0. The van der Waals surface area contributed by atoms with Crippen molar-refractivity contribution in [2.24, 2.45) is 5.92 Å². The molecule has 98 valence electrons. The van der Waals surface area contributed by atoms with Gasteiger partial charge in [-0.05, 0) is 18.8 Å². The summed E-state index contributed by atoms with van der Waals surface area (Å²) in [6.45, 7) is 6.69. The summed E-state index contributed by atoms with van der Waals surface area (Å²) in [5, 5.41) is 9.39. The molecule has 0 rings (SSSR count). The van der Waals surface area contributed by atoms with E-state index in [2.05, 4.69) is 20.8 Å². The Morgan fingerprint density at radius 2 is 1.25 bits per heavy atom. The smallest absolute Gasteiger partial charge is 0.0537 e. The van der Waals surface area contributed by atoms with E-state index < -0.39 is 0 Å². The van der Waals surface area contributed by atoms with E-state index in [0.29, 0.717) is 0 Å². The van der Waals surface area contributed by atoms with Gasteiger partial charge in [-0.3, -0.25) is 0 Å². The number of unbranched alkanes of at least 4 members (excludes halogenated alkanes) is 5. The Hall–Kier alpha value is -0.0400. The zero-order valence-electron chi connectivity index (χ0n) is 11.7. The van der Waals surface area contributed by atoms with Gasteiger partial charge in [0.2, 0.25) is 0 Å². The van der Waals surface area contributed by atoms with Gasteiger partial charge >= 0.3 is 0 Å². The van der Waals surface area contributed by atoms with Gasteiger partial charge < -0.3 is 5.11 Å². The summed E-state index contributed by atoms with van der Waals surface area (Å²) in [5.74, 6) is 0.916. The highest BCUT2D eigenvalue weighted by atomic mass is 16.3. The molecule has 0 saturated carbocycles. The Labute approximate surface area is 103 Å². The zero-order valence-corrected chi connectivity index (χ0v) is 11.7. The van der Waals surface area contributed by atoms with Crippen molar-refractivity contribution in [3.05, 3.63) is 0 Å². The normalized spacial score (nSPS) is 15.0. The van der Waals surface area contributed by atoms with Gasteiger partial charge in [-0.1, -0.05) is 72.1 Å². The monoisotopic (exact) mass is 228 g/mol. The van der Waals surface area contributed by atoms with E-state index >= 15 is 0 Å². The van der Waals surface area contributed by atoms with Crippen LogP contribution in [0.15, 0.2) is 0 Å². The van der Waals surface area contributed by atoms with Crippen LogP contribution in [0.2, 0.25) is 0 Å². The van der Waals surface area contributed by atoms with Crippen LogP contribution in [0.5, 0.6) is 0 Å². The van der Waals surface area contributed by atoms with Crippen molar-refractivity contribution in [3.63, 3.8) is 0 Å². The van der Waals surface area contributed by atoms with Gasteiger partial charge in [-0.15, -0.1) is 0 Å². The fraction of sp³-hybridized carbons (Fsp3) is 1.00. The molecule has 2 atom stereocenters. The second kappa shape index (κ2) is 11.4. The number of aliphatic hydroxyl groups is 1. The highest BCUT2D eigenvalue weighted by Gasteiger charge is 2.00. The lowest BCUT2D eigenvalue weighted by atomic mass is 9.99. The number of hydrogen-bond donors (Lipinski definition) is 1. The SMILES string of the molecule is CCC(O)CCCCCCCC[C@@H](C)CC. The molecule has 16 heavy (non-hydrogen) atoms. The van der Waals surface area contributed by atoms with E-state index in [1.54, 1.807) is 0 Å². The molecule has 0 aromatic carbocycles. The zero-order chi connectivity index (χ0) is 12.2. The maximum Gasteiger partial charge on any atom is 0.0537 e. The number of rotatable bonds is 11. The standard InChI is InChI=1S/C15H32O/c1-4-14(3)12-10-8-6-7-9-11-13-15(16)5-2/h14-16H,4-13H2,1-3H3/t14-,15?/m0/s1. The maximum absolute atomic E-state index is 9.39. The largest absolute Gasteiger partial charge is 0.393 e. The lowest BCUT2D eigenvalue weighted by Gasteiger charge is -2.08. The van der Waals surface area contributed by atoms with E-state index in [9.17, 15) is 5.11 Å². The molecule has 0 aromatic heterocycles. The first-order chi connectivity index (χ1) is 7.70. The van der Waals surface area contributed by atoms with Gasteiger partial charge in [0.15, 0.2) is 0 Å². The van der Waals surface area contributed by atoms with Crippen molar-refractivity contribution in [1.29, 1.82) is 0 Å². The molecule has 0 radical (unpaired) electrons. The van der Waals surface area contributed by atoms with E-state index in [4.69, 9.17) is 0 Å². The molecule has 0 aliphatic heterocycles. The van der Waals surface area contributed by atoms with Crippen molar-refractivity contribution in [1.82, 2.24) is 0 Å². The Morgan fingerprint density at radius 3 is 1.75 bits per heavy atom.